The highest BCUT2D eigenvalue weighted by Gasteiger charge is 2.10. The lowest BCUT2D eigenvalue weighted by atomic mass is 10.2. The first kappa shape index (κ1) is 15.0. The van der Waals surface area contributed by atoms with Crippen molar-refractivity contribution in [3.05, 3.63) is 66.5 Å². The molecule has 0 spiro atoms. The Morgan fingerprint density at radius 1 is 1.13 bits per heavy atom. The summed E-state index contributed by atoms with van der Waals surface area (Å²) in [6.45, 7) is 0.127. The number of benzene rings is 2. The molecule has 1 aromatic heterocycles. The molecule has 0 radical (unpaired) electrons. The SMILES string of the molecule is CN(CC(=O)Nc1cccc(F)c1)c1ccc2ccccc2n1. The smallest absolute Gasteiger partial charge is 0.243 e. The maximum atomic E-state index is 13.1. The van der Waals surface area contributed by atoms with E-state index < -0.39 is 0 Å². The summed E-state index contributed by atoms with van der Waals surface area (Å²) in [4.78, 5) is 18.4. The van der Waals surface area contributed by atoms with Crippen LogP contribution in [-0.2, 0) is 4.79 Å². The van der Waals surface area contributed by atoms with E-state index in [0.29, 0.717) is 11.5 Å². The summed E-state index contributed by atoms with van der Waals surface area (Å²) < 4.78 is 13.1. The molecule has 0 aliphatic rings. The lowest BCUT2D eigenvalue weighted by Crippen LogP contribution is -2.30. The maximum absolute atomic E-state index is 13.1. The highest BCUT2D eigenvalue weighted by atomic mass is 19.1. The second-order valence-electron chi connectivity index (χ2n) is 5.28. The molecule has 23 heavy (non-hydrogen) atoms. The molecular formula is C18H16FN3O. The highest BCUT2D eigenvalue weighted by molar-refractivity contribution is 5.94. The molecule has 2 aromatic carbocycles. The number of hydrogen-bond acceptors (Lipinski definition) is 3. The van der Waals surface area contributed by atoms with E-state index in [1.54, 1.807) is 24.1 Å². The Balaban J connectivity index is 1.69. The molecule has 1 heterocycles. The number of carbonyl (C=O) groups is 1. The maximum Gasteiger partial charge on any atom is 0.243 e. The van der Waals surface area contributed by atoms with Gasteiger partial charge in [-0.2, -0.15) is 0 Å². The number of nitrogens with zero attached hydrogens (tertiary/aromatic N) is 2. The first-order valence-corrected chi connectivity index (χ1v) is 7.24. The summed E-state index contributed by atoms with van der Waals surface area (Å²) in [6.07, 6.45) is 0. The number of likely N-dealkylation sites (N-methyl/N-ethyl adjacent to an activating group) is 1. The van der Waals surface area contributed by atoms with Crippen LogP contribution < -0.4 is 10.2 Å². The van der Waals surface area contributed by atoms with Crippen LogP contribution in [0.2, 0.25) is 0 Å². The van der Waals surface area contributed by atoms with Gasteiger partial charge in [-0.1, -0.05) is 24.3 Å². The van der Waals surface area contributed by atoms with Gasteiger partial charge in [-0.15, -0.1) is 0 Å². The molecule has 0 saturated heterocycles. The summed E-state index contributed by atoms with van der Waals surface area (Å²) in [5.74, 6) is 0.0958. The number of halogens is 1. The zero-order valence-corrected chi connectivity index (χ0v) is 12.7. The lowest BCUT2D eigenvalue weighted by molar-refractivity contribution is -0.114. The van der Waals surface area contributed by atoms with Gasteiger partial charge in [0.25, 0.3) is 0 Å². The molecule has 4 nitrogen and oxygen atoms in total. The molecule has 0 fully saturated rings. The van der Waals surface area contributed by atoms with Crippen molar-refractivity contribution in [1.29, 1.82) is 0 Å². The van der Waals surface area contributed by atoms with Crippen molar-refractivity contribution in [3.63, 3.8) is 0 Å². The van der Waals surface area contributed by atoms with Gasteiger partial charge in [-0.3, -0.25) is 4.79 Å². The zero-order chi connectivity index (χ0) is 16.2. The minimum atomic E-state index is -0.382. The Morgan fingerprint density at radius 2 is 1.96 bits per heavy atom. The van der Waals surface area contributed by atoms with Crippen LogP contribution in [0.4, 0.5) is 15.9 Å². The van der Waals surface area contributed by atoms with Crippen LogP contribution >= 0.6 is 0 Å². The number of para-hydroxylation sites is 1. The van der Waals surface area contributed by atoms with E-state index in [2.05, 4.69) is 10.3 Å². The standard InChI is InChI=1S/C18H16FN3O/c1-22(12-18(23)20-15-7-4-6-14(19)11-15)17-10-9-13-5-2-3-8-16(13)21-17/h2-11H,12H2,1H3,(H,20,23). The van der Waals surface area contributed by atoms with Gasteiger partial charge in [0.1, 0.15) is 11.6 Å². The van der Waals surface area contributed by atoms with Crippen molar-refractivity contribution in [2.45, 2.75) is 0 Å². The molecule has 0 bridgehead atoms. The van der Waals surface area contributed by atoms with Crippen molar-refractivity contribution in [1.82, 2.24) is 4.98 Å². The Bertz CT molecular complexity index is 850. The Morgan fingerprint density at radius 3 is 2.78 bits per heavy atom. The molecule has 0 saturated carbocycles. The van der Waals surface area contributed by atoms with Crippen LogP contribution in [-0.4, -0.2) is 24.5 Å². The summed E-state index contributed by atoms with van der Waals surface area (Å²) in [6, 6.07) is 17.5. The fourth-order valence-electron chi connectivity index (χ4n) is 2.33. The Hall–Kier alpha value is -2.95. The third kappa shape index (κ3) is 3.63. The Labute approximate surface area is 133 Å². The highest BCUT2D eigenvalue weighted by Crippen LogP contribution is 2.17. The van der Waals surface area contributed by atoms with Crippen LogP contribution in [0, 0.1) is 5.82 Å². The molecule has 3 rings (SSSR count). The van der Waals surface area contributed by atoms with Crippen molar-refractivity contribution in [2.24, 2.45) is 0 Å². The third-order valence-electron chi connectivity index (χ3n) is 3.46. The average molecular weight is 309 g/mol. The third-order valence-corrected chi connectivity index (χ3v) is 3.46. The van der Waals surface area contributed by atoms with Gasteiger partial charge in [0, 0.05) is 18.1 Å². The van der Waals surface area contributed by atoms with E-state index in [9.17, 15) is 9.18 Å². The predicted molar refractivity (Wildman–Crippen MR) is 90.0 cm³/mol. The van der Waals surface area contributed by atoms with E-state index >= 15 is 0 Å². The van der Waals surface area contributed by atoms with E-state index in [1.807, 2.05) is 36.4 Å². The first-order valence-electron chi connectivity index (χ1n) is 7.24. The van der Waals surface area contributed by atoms with E-state index in [1.165, 1.54) is 12.1 Å². The van der Waals surface area contributed by atoms with Crippen molar-refractivity contribution < 1.29 is 9.18 Å². The lowest BCUT2D eigenvalue weighted by Gasteiger charge is -2.18. The van der Waals surface area contributed by atoms with E-state index in [-0.39, 0.29) is 18.3 Å². The van der Waals surface area contributed by atoms with Crippen molar-refractivity contribution in [2.75, 3.05) is 23.8 Å². The van der Waals surface area contributed by atoms with Gasteiger partial charge < -0.3 is 10.2 Å². The number of amides is 1. The van der Waals surface area contributed by atoms with Crippen LogP contribution in [0.3, 0.4) is 0 Å². The van der Waals surface area contributed by atoms with Gasteiger partial charge in [0.15, 0.2) is 0 Å². The van der Waals surface area contributed by atoms with Crippen LogP contribution in [0.25, 0.3) is 10.9 Å². The fraction of sp³-hybridized carbons (Fsp3) is 0.111. The van der Waals surface area contributed by atoms with Gasteiger partial charge in [0.2, 0.25) is 5.91 Å². The second kappa shape index (κ2) is 6.44. The van der Waals surface area contributed by atoms with Gasteiger partial charge in [0.05, 0.1) is 12.1 Å². The second-order valence-corrected chi connectivity index (χ2v) is 5.28. The number of fused-ring (bicyclic) bond motifs is 1. The van der Waals surface area contributed by atoms with Crippen molar-refractivity contribution >= 4 is 28.3 Å². The van der Waals surface area contributed by atoms with Crippen LogP contribution in [0.15, 0.2) is 60.7 Å². The molecule has 5 heteroatoms. The van der Waals surface area contributed by atoms with E-state index in [0.717, 1.165) is 10.9 Å². The fourth-order valence-corrected chi connectivity index (χ4v) is 2.33. The molecule has 3 aromatic rings. The number of carbonyl (C=O) groups excluding carboxylic acids is 1. The summed E-state index contributed by atoms with van der Waals surface area (Å²) in [5.41, 5.74) is 1.32. The number of anilines is 2. The molecule has 0 aliphatic carbocycles. The number of rotatable bonds is 4. The predicted octanol–water partition coefficient (Wildman–Crippen LogP) is 3.45. The minimum absolute atomic E-state index is 0.127. The molecule has 0 aliphatic heterocycles. The van der Waals surface area contributed by atoms with Gasteiger partial charge in [-0.05, 0) is 36.4 Å². The number of nitrogens with one attached hydrogen (secondary N) is 1. The van der Waals surface area contributed by atoms with E-state index in [4.69, 9.17) is 0 Å². The van der Waals surface area contributed by atoms with Crippen LogP contribution in [0.5, 0.6) is 0 Å². The van der Waals surface area contributed by atoms with Crippen molar-refractivity contribution in [3.8, 4) is 0 Å². The minimum Gasteiger partial charge on any atom is -0.350 e. The Kier molecular flexibility index (Phi) is 4.19. The summed E-state index contributed by atoms with van der Waals surface area (Å²) in [5, 5.41) is 3.72. The summed E-state index contributed by atoms with van der Waals surface area (Å²) >= 11 is 0. The molecule has 0 unspecified atom stereocenters. The largest absolute Gasteiger partial charge is 0.350 e. The normalized spacial score (nSPS) is 10.5. The van der Waals surface area contributed by atoms with Crippen LogP contribution in [0.1, 0.15) is 0 Å². The molecular weight excluding hydrogens is 293 g/mol. The van der Waals surface area contributed by atoms with Gasteiger partial charge >= 0.3 is 0 Å². The number of hydrogen-bond donors (Lipinski definition) is 1. The molecule has 1 N–H and O–H groups in total. The number of aromatic nitrogens is 1. The average Bonchev–Trinajstić information content (AvgIpc) is 2.54. The first-order chi connectivity index (χ1) is 11.1. The van der Waals surface area contributed by atoms with Gasteiger partial charge in [-0.25, -0.2) is 9.37 Å². The zero-order valence-electron chi connectivity index (χ0n) is 12.7. The quantitative estimate of drug-likeness (QED) is 0.803. The molecule has 0 atom stereocenters. The monoisotopic (exact) mass is 309 g/mol. The molecule has 116 valence electrons. The molecule has 1 amide bonds. The topological polar surface area (TPSA) is 45.2 Å². The summed E-state index contributed by atoms with van der Waals surface area (Å²) in [7, 11) is 1.79. The number of pyridine rings is 1.